The molecule has 0 spiro atoms. The van der Waals surface area contributed by atoms with Crippen molar-refractivity contribution in [2.45, 2.75) is 25.4 Å². The molecule has 1 saturated heterocycles. The molecule has 1 atom stereocenters. The number of aromatic nitrogens is 3. The molecule has 3 rings (SSSR count). The molecule has 5 heteroatoms. The molecule has 2 heterocycles. The first kappa shape index (κ1) is 10.2. The first-order valence-electron chi connectivity index (χ1n) is 6.14. The quantitative estimate of drug-likeness (QED) is 0.795. The Kier molecular flexibility index (Phi) is 2.65. The van der Waals surface area contributed by atoms with E-state index < -0.39 is 0 Å². The van der Waals surface area contributed by atoms with Crippen LogP contribution in [0.3, 0.4) is 0 Å². The van der Waals surface area contributed by atoms with Crippen molar-refractivity contribution < 1.29 is 0 Å². The fraction of sp³-hybridized carbons (Fsp3) is 0.818. The first-order chi connectivity index (χ1) is 7.83. The third kappa shape index (κ3) is 2.10. The lowest BCUT2D eigenvalue weighted by atomic mass is 10.1. The highest BCUT2D eigenvalue weighted by atomic mass is 15.4. The molecule has 1 aromatic heterocycles. The SMILES string of the molecule is CN1CCNCC1c1cn(CC2CC2)nn1. The van der Waals surface area contributed by atoms with Crippen LogP contribution in [0.1, 0.15) is 24.6 Å². The van der Waals surface area contributed by atoms with Gasteiger partial charge in [0.1, 0.15) is 5.69 Å². The monoisotopic (exact) mass is 221 g/mol. The number of piperazine rings is 1. The number of rotatable bonds is 3. The molecule has 1 aromatic rings. The molecular formula is C11H19N5. The van der Waals surface area contributed by atoms with Crippen molar-refractivity contribution in [1.29, 1.82) is 0 Å². The predicted molar refractivity (Wildman–Crippen MR) is 61.0 cm³/mol. The summed E-state index contributed by atoms with van der Waals surface area (Å²) >= 11 is 0. The van der Waals surface area contributed by atoms with Crippen molar-refractivity contribution in [3.63, 3.8) is 0 Å². The topological polar surface area (TPSA) is 46.0 Å². The second-order valence-corrected chi connectivity index (χ2v) is 5.01. The molecule has 88 valence electrons. The minimum absolute atomic E-state index is 0.390. The average molecular weight is 221 g/mol. The maximum Gasteiger partial charge on any atom is 0.101 e. The van der Waals surface area contributed by atoms with E-state index >= 15 is 0 Å². The summed E-state index contributed by atoms with van der Waals surface area (Å²) < 4.78 is 2.01. The van der Waals surface area contributed by atoms with Gasteiger partial charge in [-0.25, -0.2) is 0 Å². The number of hydrogen-bond acceptors (Lipinski definition) is 4. The lowest BCUT2D eigenvalue weighted by Crippen LogP contribution is -2.43. The standard InChI is InChI=1S/C11H19N5/c1-15-5-4-12-6-11(15)10-8-16(14-13-10)7-9-2-3-9/h8-9,11-12H,2-7H2,1H3. The molecule has 1 saturated carbocycles. The van der Waals surface area contributed by atoms with Crippen LogP contribution in [0.4, 0.5) is 0 Å². The van der Waals surface area contributed by atoms with Gasteiger partial charge in [0.2, 0.25) is 0 Å². The predicted octanol–water partition coefficient (Wildman–Crippen LogP) is 0.264. The van der Waals surface area contributed by atoms with Crippen LogP contribution >= 0.6 is 0 Å². The highest BCUT2D eigenvalue weighted by Gasteiger charge is 2.25. The number of hydrogen-bond donors (Lipinski definition) is 1. The van der Waals surface area contributed by atoms with Crippen molar-refractivity contribution in [1.82, 2.24) is 25.2 Å². The summed E-state index contributed by atoms with van der Waals surface area (Å²) in [6.45, 7) is 4.19. The minimum Gasteiger partial charge on any atom is -0.313 e. The Morgan fingerprint density at radius 2 is 2.38 bits per heavy atom. The molecule has 16 heavy (non-hydrogen) atoms. The van der Waals surface area contributed by atoms with E-state index in [9.17, 15) is 0 Å². The van der Waals surface area contributed by atoms with Crippen LogP contribution in [0, 0.1) is 5.92 Å². The van der Waals surface area contributed by atoms with Crippen molar-refractivity contribution in [3.05, 3.63) is 11.9 Å². The zero-order valence-corrected chi connectivity index (χ0v) is 9.76. The Bertz CT molecular complexity index is 357. The molecule has 0 bridgehead atoms. The lowest BCUT2D eigenvalue weighted by molar-refractivity contribution is 0.198. The second kappa shape index (κ2) is 4.14. The van der Waals surface area contributed by atoms with Crippen LogP contribution in [0.15, 0.2) is 6.20 Å². The zero-order valence-electron chi connectivity index (χ0n) is 9.76. The van der Waals surface area contributed by atoms with Crippen LogP contribution < -0.4 is 5.32 Å². The Morgan fingerprint density at radius 1 is 1.50 bits per heavy atom. The fourth-order valence-electron chi connectivity index (χ4n) is 2.26. The fourth-order valence-corrected chi connectivity index (χ4v) is 2.26. The van der Waals surface area contributed by atoms with Gasteiger partial charge in [0, 0.05) is 26.2 Å². The third-order valence-electron chi connectivity index (χ3n) is 3.55. The van der Waals surface area contributed by atoms with Gasteiger partial charge in [-0.2, -0.15) is 0 Å². The molecule has 1 aliphatic carbocycles. The smallest absolute Gasteiger partial charge is 0.101 e. The summed E-state index contributed by atoms with van der Waals surface area (Å²) in [7, 11) is 2.16. The van der Waals surface area contributed by atoms with E-state index in [1.165, 1.54) is 12.8 Å². The van der Waals surface area contributed by atoms with Crippen LogP contribution in [-0.2, 0) is 6.54 Å². The van der Waals surface area contributed by atoms with Gasteiger partial charge >= 0.3 is 0 Å². The molecule has 2 aliphatic rings. The van der Waals surface area contributed by atoms with Gasteiger partial charge in [0.05, 0.1) is 12.2 Å². The van der Waals surface area contributed by atoms with Gasteiger partial charge in [0.25, 0.3) is 0 Å². The van der Waals surface area contributed by atoms with Crippen molar-refractivity contribution >= 4 is 0 Å². The van der Waals surface area contributed by atoms with Gasteiger partial charge in [-0.3, -0.25) is 9.58 Å². The van der Waals surface area contributed by atoms with E-state index in [0.717, 1.165) is 37.8 Å². The van der Waals surface area contributed by atoms with Crippen LogP contribution in [0.5, 0.6) is 0 Å². The van der Waals surface area contributed by atoms with E-state index in [4.69, 9.17) is 0 Å². The maximum atomic E-state index is 4.30. The number of nitrogens with zero attached hydrogens (tertiary/aromatic N) is 4. The van der Waals surface area contributed by atoms with E-state index in [0.29, 0.717) is 6.04 Å². The lowest BCUT2D eigenvalue weighted by Gasteiger charge is -2.31. The van der Waals surface area contributed by atoms with E-state index in [2.05, 4.69) is 33.8 Å². The molecule has 0 aromatic carbocycles. The van der Waals surface area contributed by atoms with Gasteiger partial charge in [0.15, 0.2) is 0 Å². The molecule has 1 aliphatic heterocycles. The molecule has 5 nitrogen and oxygen atoms in total. The molecular weight excluding hydrogens is 202 g/mol. The molecule has 0 amide bonds. The highest BCUT2D eigenvalue weighted by molar-refractivity contribution is 5.03. The Balaban J connectivity index is 1.69. The normalized spacial score (nSPS) is 27.2. The number of nitrogens with one attached hydrogen (secondary N) is 1. The summed E-state index contributed by atoms with van der Waals surface area (Å²) in [5, 5.41) is 11.9. The van der Waals surface area contributed by atoms with Crippen molar-refractivity contribution in [2.24, 2.45) is 5.92 Å². The maximum absolute atomic E-state index is 4.30. The van der Waals surface area contributed by atoms with Crippen LogP contribution in [0.2, 0.25) is 0 Å². The summed E-state index contributed by atoms with van der Waals surface area (Å²) in [5.74, 6) is 0.858. The average Bonchev–Trinajstić information content (AvgIpc) is 2.97. The van der Waals surface area contributed by atoms with Gasteiger partial charge in [-0.05, 0) is 25.8 Å². The van der Waals surface area contributed by atoms with E-state index in [-0.39, 0.29) is 0 Å². The molecule has 0 radical (unpaired) electrons. The second-order valence-electron chi connectivity index (χ2n) is 5.01. The third-order valence-corrected chi connectivity index (χ3v) is 3.55. The molecule has 2 fully saturated rings. The Labute approximate surface area is 95.8 Å². The van der Waals surface area contributed by atoms with E-state index in [1.54, 1.807) is 0 Å². The van der Waals surface area contributed by atoms with Gasteiger partial charge in [-0.15, -0.1) is 5.10 Å². The Morgan fingerprint density at radius 3 is 3.12 bits per heavy atom. The summed E-state index contributed by atoms with van der Waals surface area (Å²) in [6.07, 6.45) is 4.84. The van der Waals surface area contributed by atoms with Gasteiger partial charge in [-0.1, -0.05) is 5.21 Å². The summed E-state index contributed by atoms with van der Waals surface area (Å²) in [5.41, 5.74) is 1.11. The van der Waals surface area contributed by atoms with E-state index in [1.807, 2.05) is 4.68 Å². The molecule has 1 N–H and O–H groups in total. The molecule has 1 unspecified atom stereocenters. The Hall–Kier alpha value is -0.940. The van der Waals surface area contributed by atoms with Crippen LogP contribution in [-0.4, -0.2) is 46.6 Å². The van der Waals surface area contributed by atoms with Gasteiger partial charge < -0.3 is 5.32 Å². The summed E-state index contributed by atoms with van der Waals surface area (Å²) in [6, 6.07) is 0.390. The zero-order chi connectivity index (χ0) is 11.0. The van der Waals surface area contributed by atoms with Crippen molar-refractivity contribution in [2.75, 3.05) is 26.7 Å². The largest absolute Gasteiger partial charge is 0.313 e. The summed E-state index contributed by atoms with van der Waals surface area (Å²) in [4.78, 5) is 2.35. The number of likely N-dealkylation sites (N-methyl/N-ethyl adjacent to an activating group) is 1. The van der Waals surface area contributed by atoms with Crippen LogP contribution in [0.25, 0.3) is 0 Å². The first-order valence-corrected chi connectivity index (χ1v) is 6.14. The van der Waals surface area contributed by atoms with Crippen molar-refractivity contribution in [3.8, 4) is 0 Å². The highest BCUT2D eigenvalue weighted by Crippen LogP contribution is 2.30. The minimum atomic E-state index is 0.390.